The van der Waals surface area contributed by atoms with Crippen LogP contribution >= 0.6 is 0 Å². The molecule has 2 rings (SSSR count). The molecule has 0 saturated heterocycles. The highest BCUT2D eigenvalue weighted by Crippen LogP contribution is 2.21. The van der Waals surface area contributed by atoms with E-state index in [0.29, 0.717) is 11.1 Å². The number of aliphatic hydroxyl groups excluding tert-OH is 1. The van der Waals surface area contributed by atoms with Crippen molar-refractivity contribution in [2.75, 3.05) is 0 Å². The maximum Gasteiger partial charge on any atom is 0.195 e. The number of Topliss-reactive ketones (excluding diaryl/α,β-unsaturated/α-hetero) is 1. The molecule has 0 bridgehead atoms. The molecule has 1 unspecified atom stereocenters. The monoisotopic (exact) mass is 226 g/mol. The van der Waals surface area contributed by atoms with Gasteiger partial charge in [0.05, 0.1) is 0 Å². The van der Waals surface area contributed by atoms with Crippen molar-refractivity contribution in [3.63, 3.8) is 0 Å². The van der Waals surface area contributed by atoms with Gasteiger partial charge in [-0.2, -0.15) is 0 Å². The number of carbonyl (C=O) groups excluding carboxylic acids is 1. The first-order valence-corrected chi connectivity index (χ1v) is 5.53. The van der Waals surface area contributed by atoms with Gasteiger partial charge in [-0.15, -0.1) is 0 Å². The third-order valence-corrected chi connectivity index (χ3v) is 2.79. The van der Waals surface area contributed by atoms with Gasteiger partial charge in [0, 0.05) is 5.56 Å². The summed E-state index contributed by atoms with van der Waals surface area (Å²) in [6.45, 7) is 1.89. The van der Waals surface area contributed by atoms with Crippen LogP contribution in [-0.4, -0.2) is 10.9 Å². The Balaban J connectivity index is 2.30. The quantitative estimate of drug-likeness (QED) is 0.817. The average Bonchev–Trinajstić information content (AvgIpc) is 2.39. The molecule has 0 aliphatic carbocycles. The van der Waals surface area contributed by atoms with Crippen molar-refractivity contribution >= 4 is 5.78 Å². The summed E-state index contributed by atoms with van der Waals surface area (Å²) in [6, 6.07) is 16.2. The Morgan fingerprint density at radius 2 is 1.59 bits per heavy atom. The molecule has 0 amide bonds. The fourth-order valence-electron chi connectivity index (χ4n) is 1.80. The van der Waals surface area contributed by atoms with Crippen LogP contribution in [0.1, 0.15) is 27.6 Å². The van der Waals surface area contributed by atoms with Crippen molar-refractivity contribution in [2.24, 2.45) is 0 Å². The van der Waals surface area contributed by atoms with Crippen molar-refractivity contribution < 1.29 is 9.90 Å². The second-order valence-electron chi connectivity index (χ2n) is 3.99. The minimum Gasteiger partial charge on any atom is -0.380 e. The smallest absolute Gasteiger partial charge is 0.195 e. The van der Waals surface area contributed by atoms with Crippen molar-refractivity contribution in [1.29, 1.82) is 0 Å². The maximum atomic E-state index is 12.0. The van der Waals surface area contributed by atoms with E-state index in [9.17, 15) is 9.90 Å². The highest BCUT2D eigenvalue weighted by molar-refractivity contribution is 5.99. The summed E-state index contributed by atoms with van der Waals surface area (Å²) in [6.07, 6.45) is -1.08. The van der Waals surface area contributed by atoms with Crippen LogP contribution in [0.4, 0.5) is 0 Å². The van der Waals surface area contributed by atoms with Crippen LogP contribution in [0.3, 0.4) is 0 Å². The summed E-state index contributed by atoms with van der Waals surface area (Å²) in [7, 11) is 0. The molecule has 0 aromatic heterocycles. The van der Waals surface area contributed by atoms with E-state index >= 15 is 0 Å². The number of carbonyl (C=O) groups is 1. The molecule has 0 saturated carbocycles. The number of ketones is 1. The summed E-state index contributed by atoms with van der Waals surface area (Å²) in [4.78, 5) is 12.0. The highest BCUT2D eigenvalue weighted by Gasteiger charge is 2.19. The normalized spacial score (nSPS) is 12.1. The summed E-state index contributed by atoms with van der Waals surface area (Å²) in [5.41, 5.74) is 2.12. The number of hydrogen-bond donors (Lipinski definition) is 1. The lowest BCUT2D eigenvalue weighted by Gasteiger charge is -2.12. The van der Waals surface area contributed by atoms with Crippen molar-refractivity contribution in [1.82, 2.24) is 0 Å². The maximum absolute atomic E-state index is 12.0. The Hall–Kier alpha value is -1.93. The van der Waals surface area contributed by atoms with Gasteiger partial charge in [-0.25, -0.2) is 0 Å². The molecule has 86 valence electrons. The number of rotatable bonds is 3. The predicted octanol–water partition coefficient (Wildman–Crippen LogP) is 2.91. The number of hydrogen-bond acceptors (Lipinski definition) is 2. The Labute approximate surface area is 101 Å². The third-order valence-electron chi connectivity index (χ3n) is 2.79. The predicted molar refractivity (Wildman–Crippen MR) is 66.9 cm³/mol. The molecule has 0 spiro atoms. The minimum atomic E-state index is -1.08. The van der Waals surface area contributed by atoms with E-state index in [1.807, 2.05) is 31.2 Å². The summed E-state index contributed by atoms with van der Waals surface area (Å²) in [5, 5.41) is 10.1. The molecular weight excluding hydrogens is 212 g/mol. The first-order valence-electron chi connectivity index (χ1n) is 5.53. The summed E-state index contributed by atoms with van der Waals surface area (Å²) >= 11 is 0. The van der Waals surface area contributed by atoms with Gasteiger partial charge in [-0.1, -0.05) is 54.6 Å². The van der Waals surface area contributed by atoms with Gasteiger partial charge in [0.25, 0.3) is 0 Å². The fraction of sp³-hybridized carbons (Fsp3) is 0.133. The lowest BCUT2D eigenvalue weighted by molar-refractivity contribution is 0.0746. The zero-order chi connectivity index (χ0) is 12.3. The van der Waals surface area contributed by atoms with Crippen LogP contribution < -0.4 is 0 Å². The Bertz CT molecular complexity index is 517. The van der Waals surface area contributed by atoms with E-state index < -0.39 is 6.10 Å². The molecule has 17 heavy (non-hydrogen) atoms. The molecule has 0 radical (unpaired) electrons. The first kappa shape index (κ1) is 11.6. The van der Waals surface area contributed by atoms with Crippen LogP contribution in [0, 0.1) is 6.92 Å². The van der Waals surface area contributed by atoms with Crippen molar-refractivity contribution in [3.05, 3.63) is 71.3 Å². The standard InChI is InChI=1S/C15H14O2/c1-11-7-5-6-10-13(11)15(17)14(16)12-8-3-2-4-9-12/h2-10,15,17H,1H3. The van der Waals surface area contributed by atoms with Gasteiger partial charge < -0.3 is 5.11 Å². The molecule has 0 aliphatic rings. The average molecular weight is 226 g/mol. The lowest BCUT2D eigenvalue weighted by atomic mass is 9.97. The number of aryl methyl sites for hydroxylation is 1. The number of benzene rings is 2. The molecule has 1 atom stereocenters. The summed E-state index contributed by atoms with van der Waals surface area (Å²) in [5.74, 6) is -0.264. The largest absolute Gasteiger partial charge is 0.380 e. The zero-order valence-corrected chi connectivity index (χ0v) is 9.63. The fourth-order valence-corrected chi connectivity index (χ4v) is 1.80. The molecule has 0 heterocycles. The van der Waals surface area contributed by atoms with E-state index in [0.717, 1.165) is 5.56 Å². The van der Waals surface area contributed by atoms with Gasteiger partial charge in [-0.05, 0) is 18.1 Å². The van der Waals surface area contributed by atoms with Gasteiger partial charge in [-0.3, -0.25) is 4.79 Å². The minimum absolute atomic E-state index is 0.264. The van der Waals surface area contributed by atoms with E-state index in [2.05, 4.69) is 0 Å². The van der Waals surface area contributed by atoms with E-state index in [1.54, 1.807) is 30.3 Å². The Kier molecular flexibility index (Phi) is 3.35. The highest BCUT2D eigenvalue weighted by atomic mass is 16.3. The van der Waals surface area contributed by atoms with Crippen LogP contribution in [-0.2, 0) is 0 Å². The molecule has 0 fully saturated rings. The summed E-state index contributed by atoms with van der Waals surface area (Å²) < 4.78 is 0. The second-order valence-corrected chi connectivity index (χ2v) is 3.99. The second kappa shape index (κ2) is 4.93. The molecule has 2 heteroatoms. The molecule has 2 nitrogen and oxygen atoms in total. The number of aliphatic hydroxyl groups is 1. The molecular formula is C15H14O2. The van der Waals surface area contributed by atoms with Gasteiger partial charge in [0.1, 0.15) is 6.10 Å². The topological polar surface area (TPSA) is 37.3 Å². The van der Waals surface area contributed by atoms with Crippen LogP contribution in [0.25, 0.3) is 0 Å². The van der Waals surface area contributed by atoms with E-state index in [1.165, 1.54) is 0 Å². The Morgan fingerprint density at radius 3 is 2.24 bits per heavy atom. The van der Waals surface area contributed by atoms with Crippen LogP contribution in [0.15, 0.2) is 54.6 Å². The first-order chi connectivity index (χ1) is 8.20. The lowest BCUT2D eigenvalue weighted by Crippen LogP contribution is -2.13. The van der Waals surface area contributed by atoms with Gasteiger partial charge in [0.15, 0.2) is 5.78 Å². The van der Waals surface area contributed by atoms with Gasteiger partial charge in [0.2, 0.25) is 0 Å². The van der Waals surface area contributed by atoms with E-state index in [-0.39, 0.29) is 5.78 Å². The molecule has 2 aromatic carbocycles. The van der Waals surface area contributed by atoms with Crippen LogP contribution in [0.5, 0.6) is 0 Å². The third kappa shape index (κ3) is 2.43. The van der Waals surface area contributed by atoms with Crippen molar-refractivity contribution in [3.8, 4) is 0 Å². The molecule has 0 aliphatic heterocycles. The van der Waals surface area contributed by atoms with Gasteiger partial charge >= 0.3 is 0 Å². The van der Waals surface area contributed by atoms with Crippen LogP contribution in [0.2, 0.25) is 0 Å². The molecule has 2 aromatic rings. The SMILES string of the molecule is Cc1ccccc1C(O)C(=O)c1ccccc1. The van der Waals surface area contributed by atoms with Crippen molar-refractivity contribution in [2.45, 2.75) is 13.0 Å². The Morgan fingerprint density at radius 1 is 1.00 bits per heavy atom. The van der Waals surface area contributed by atoms with E-state index in [4.69, 9.17) is 0 Å². The molecule has 1 N–H and O–H groups in total. The zero-order valence-electron chi connectivity index (χ0n) is 9.63.